The molecule has 1 rings (SSSR count). The fraction of sp³-hybridized carbons (Fsp3) is 0.812. The summed E-state index contributed by atoms with van der Waals surface area (Å²) < 4.78 is 0. The summed E-state index contributed by atoms with van der Waals surface area (Å²) >= 11 is 0. The number of rotatable bonds is 10. The normalized spacial score (nSPS) is 17.4. The Bertz CT molecular complexity index is 381. The summed E-state index contributed by atoms with van der Waals surface area (Å²) in [6.45, 7) is 4.96. The maximum absolute atomic E-state index is 12.0. The Balaban J connectivity index is -0.000000986. The molecule has 0 aromatic carbocycles. The predicted molar refractivity (Wildman–Crippen MR) is 94.3 cm³/mol. The average Bonchev–Trinajstić information content (AvgIpc) is 2.85. The Kier molecular flexibility index (Phi) is 21.2. The summed E-state index contributed by atoms with van der Waals surface area (Å²) in [5.41, 5.74) is 0. The second kappa shape index (κ2) is 18.6. The Morgan fingerprint density at radius 1 is 1.23 bits per heavy atom. The molecule has 1 aliphatic heterocycles. The number of nitrogens with zero attached hydrogens (tertiary/aromatic N) is 1. The summed E-state index contributed by atoms with van der Waals surface area (Å²) in [5.74, 6) is 0.134. The molecular weight excluding hydrogens is 514 g/mol. The van der Waals surface area contributed by atoms with E-state index in [0.29, 0.717) is 13.0 Å². The van der Waals surface area contributed by atoms with Gasteiger partial charge in [0.25, 0.3) is 6.47 Å². The molecule has 9 nitrogen and oxygen atoms in total. The van der Waals surface area contributed by atoms with Crippen LogP contribution in [0.4, 0.5) is 4.79 Å². The number of urea groups is 1. The minimum Gasteiger partial charge on any atom is -0.483 e. The van der Waals surface area contributed by atoms with Crippen LogP contribution in [-0.2, 0) is 30.7 Å². The smallest absolute Gasteiger partial charge is 0.315 e. The minimum absolute atomic E-state index is 0. The molecule has 0 aliphatic carbocycles. The fourth-order valence-corrected chi connectivity index (χ4v) is 2.69. The van der Waals surface area contributed by atoms with Crippen molar-refractivity contribution in [2.45, 2.75) is 64.5 Å². The maximum atomic E-state index is 12.0. The van der Waals surface area contributed by atoms with Crippen LogP contribution in [0.3, 0.4) is 0 Å². The van der Waals surface area contributed by atoms with E-state index in [1.54, 1.807) is 4.90 Å². The van der Waals surface area contributed by atoms with Gasteiger partial charge in [-0.15, -0.1) is 0 Å². The first-order valence-corrected chi connectivity index (χ1v) is 8.53. The quantitative estimate of drug-likeness (QED) is 0.226. The van der Waals surface area contributed by atoms with Crippen molar-refractivity contribution in [3.8, 4) is 0 Å². The van der Waals surface area contributed by atoms with Gasteiger partial charge in [0.2, 0.25) is 5.91 Å². The number of aliphatic hydroxyl groups is 1. The topological polar surface area (TPSA) is 150 Å². The van der Waals surface area contributed by atoms with E-state index in [-0.39, 0.29) is 63.6 Å². The van der Waals surface area contributed by atoms with Crippen LogP contribution in [0.15, 0.2) is 0 Å². The van der Waals surface area contributed by atoms with E-state index in [1.807, 2.05) is 13.8 Å². The zero-order valence-electron chi connectivity index (χ0n) is 15.6. The van der Waals surface area contributed by atoms with Crippen LogP contribution in [0.5, 0.6) is 0 Å². The number of hydrogen-bond acceptors (Lipinski definition) is 4. The Hall–Kier alpha value is -1.18. The van der Waals surface area contributed by atoms with E-state index in [0.717, 1.165) is 38.6 Å². The third-order valence-electron chi connectivity index (χ3n) is 3.90. The zero-order valence-corrected chi connectivity index (χ0v) is 18.5. The van der Waals surface area contributed by atoms with Crippen LogP contribution < -0.4 is 10.6 Å². The summed E-state index contributed by atoms with van der Waals surface area (Å²) in [6.07, 6.45) is 5.28. The van der Waals surface area contributed by atoms with Crippen molar-refractivity contribution in [2.75, 3.05) is 19.7 Å². The van der Waals surface area contributed by atoms with Crippen LogP contribution in [-0.4, -0.2) is 70.8 Å². The molecule has 2 atom stereocenters. The first-order valence-electron chi connectivity index (χ1n) is 8.53. The molecule has 26 heavy (non-hydrogen) atoms. The van der Waals surface area contributed by atoms with Crippen LogP contribution in [0.1, 0.15) is 52.4 Å². The van der Waals surface area contributed by atoms with Gasteiger partial charge in [0.15, 0.2) is 0 Å². The van der Waals surface area contributed by atoms with Gasteiger partial charge in [-0.25, -0.2) is 4.79 Å². The Morgan fingerprint density at radius 3 is 2.31 bits per heavy atom. The second-order valence-electron chi connectivity index (χ2n) is 5.82. The SMILES string of the molecule is CCCN(CCO)C(=O)CCCCCC1NC(=O)NC1C.O.O=CO.[W]. The first kappa shape index (κ1) is 29.6. The third kappa shape index (κ3) is 13.1. The van der Waals surface area contributed by atoms with Gasteiger partial charge in [-0.1, -0.05) is 19.8 Å². The molecule has 0 aromatic heterocycles. The van der Waals surface area contributed by atoms with Gasteiger partial charge in [0.1, 0.15) is 0 Å². The van der Waals surface area contributed by atoms with Gasteiger partial charge in [-0.05, 0) is 26.2 Å². The molecule has 1 aliphatic rings. The molecule has 1 heterocycles. The van der Waals surface area contributed by atoms with Crippen LogP contribution in [0.2, 0.25) is 0 Å². The summed E-state index contributed by atoms with van der Waals surface area (Å²) in [5, 5.41) is 21.6. The number of hydrogen-bond donors (Lipinski definition) is 4. The number of carboxylic acid groups (broad SMARTS) is 1. The molecule has 0 spiro atoms. The monoisotopic (exact) mass is 547 g/mol. The molecule has 0 bridgehead atoms. The largest absolute Gasteiger partial charge is 0.483 e. The van der Waals surface area contributed by atoms with Gasteiger partial charge in [0.05, 0.1) is 12.6 Å². The predicted octanol–water partition coefficient (Wildman–Crippen LogP) is 0.111. The standard InChI is InChI=1S/C15H29N3O3.CH2O2.H2O.W/c1-3-9-18(10-11-19)14(20)8-6-4-5-7-13-12(2)16-15(21)17-13;2-1-3;;/h12-13,19H,3-11H2,1-2H3,(H2,16,17,21);1H,(H,2,3);1H2;. The van der Waals surface area contributed by atoms with Crippen molar-refractivity contribution in [2.24, 2.45) is 0 Å². The molecule has 154 valence electrons. The van der Waals surface area contributed by atoms with Crippen molar-refractivity contribution >= 4 is 18.4 Å². The van der Waals surface area contributed by atoms with E-state index in [9.17, 15) is 9.59 Å². The number of unbranched alkanes of at least 4 members (excludes halogenated alkanes) is 2. The van der Waals surface area contributed by atoms with Gasteiger partial charge in [-0.3, -0.25) is 9.59 Å². The minimum atomic E-state index is -0.250. The molecule has 1 fully saturated rings. The molecule has 0 aromatic rings. The molecule has 1 saturated heterocycles. The van der Waals surface area contributed by atoms with E-state index < -0.39 is 0 Å². The molecular formula is C16H33N3O6W. The van der Waals surface area contributed by atoms with Crippen LogP contribution >= 0.6 is 0 Å². The number of carbonyl (C=O) groups excluding carboxylic acids is 2. The van der Waals surface area contributed by atoms with Crippen molar-refractivity contribution < 1.29 is 51.1 Å². The fourth-order valence-electron chi connectivity index (χ4n) is 2.69. The Labute approximate surface area is 169 Å². The average molecular weight is 547 g/mol. The van der Waals surface area contributed by atoms with Crippen molar-refractivity contribution in [3.05, 3.63) is 0 Å². The first-order chi connectivity index (χ1) is 11.5. The number of nitrogens with one attached hydrogen (secondary N) is 2. The third-order valence-corrected chi connectivity index (χ3v) is 3.90. The number of carbonyl (C=O) groups is 3. The van der Waals surface area contributed by atoms with Crippen LogP contribution in [0.25, 0.3) is 0 Å². The molecule has 6 N–H and O–H groups in total. The van der Waals surface area contributed by atoms with Gasteiger partial charge < -0.3 is 31.2 Å². The summed E-state index contributed by atoms with van der Waals surface area (Å²) in [4.78, 5) is 33.2. The molecule has 0 saturated carbocycles. The number of aliphatic hydroxyl groups excluding tert-OH is 1. The van der Waals surface area contributed by atoms with Crippen LogP contribution in [0, 0.1) is 0 Å². The van der Waals surface area contributed by atoms with Crippen molar-refractivity contribution in [1.29, 1.82) is 0 Å². The summed E-state index contributed by atoms with van der Waals surface area (Å²) in [7, 11) is 0. The van der Waals surface area contributed by atoms with E-state index in [4.69, 9.17) is 15.0 Å². The van der Waals surface area contributed by atoms with Crippen molar-refractivity contribution in [3.63, 3.8) is 0 Å². The second-order valence-corrected chi connectivity index (χ2v) is 5.82. The molecule has 2 unspecified atom stereocenters. The molecule has 10 heteroatoms. The summed E-state index contributed by atoms with van der Waals surface area (Å²) in [6, 6.07) is 0.310. The van der Waals surface area contributed by atoms with E-state index in [2.05, 4.69) is 10.6 Å². The zero-order chi connectivity index (χ0) is 18.4. The van der Waals surface area contributed by atoms with Gasteiger partial charge in [0, 0.05) is 46.6 Å². The Morgan fingerprint density at radius 2 is 1.85 bits per heavy atom. The molecule has 0 radical (unpaired) electrons. The van der Waals surface area contributed by atoms with Gasteiger partial charge in [-0.2, -0.15) is 0 Å². The van der Waals surface area contributed by atoms with E-state index >= 15 is 0 Å². The van der Waals surface area contributed by atoms with Crippen molar-refractivity contribution in [1.82, 2.24) is 15.5 Å². The maximum Gasteiger partial charge on any atom is 0.315 e. The van der Waals surface area contributed by atoms with Gasteiger partial charge >= 0.3 is 6.03 Å². The van der Waals surface area contributed by atoms with E-state index in [1.165, 1.54) is 0 Å². The molecule has 3 amide bonds. The number of amides is 3.